The van der Waals surface area contributed by atoms with Crippen LogP contribution >= 0.6 is 0 Å². The smallest absolute Gasteiger partial charge is 0.343 e. The van der Waals surface area contributed by atoms with E-state index in [9.17, 15) is 48.3 Å². The van der Waals surface area contributed by atoms with Crippen LogP contribution in [0.2, 0.25) is 0 Å². The molecular formula is C78H101FN10O12. The zero-order chi connectivity index (χ0) is 72.9. The summed E-state index contributed by atoms with van der Waals surface area (Å²) in [6.07, 6.45) is 8.46. The number of amides is 7. The van der Waals surface area contributed by atoms with Gasteiger partial charge >= 0.3 is 5.97 Å². The van der Waals surface area contributed by atoms with Crippen molar-refractivity contribution in [3.05, 3.63) is 133 Å². The van der Waals surface area contributed by atoms with Crippen molar-refractivity contribution in [2.24, 2.45) is 28.4 Å². The van der Waals surface area contributed by atoms with Crippen molar-refractivity contribution in [3.8, 4) is 11.4 Å². The number of hydrogen-bond acceptors (Lipinski definition) is 14. The fraction of sp³-hybridized carbons (Fsp3) is 0.538. The number of aliphatic hydroxyl groups is 1. The monoisotopic (exact) mass is 1390 g/mol. The summed E-state index contributed by atoms with van der Waals surface area (Å²) in [4.78, 5) is 133. The van der Waals surface area contributed by atoms with E-state index in [1.807, 2.05) is 86.0 Å². The molecule has 1 saturated carbocycles. The standard InChI is InChI=1S/C78H101FN10O12/c1-11-48-20-14-15-22-51(48)41-88(60-24-17-16-21-49(60)12-2)64(92)30-36-81-69(93)50-27-32-77(33-28-50)44-87(45-77)73(97)75(7,8)34-37-101-76(9,10)31-29-62(90)86-67(46(4)5)71(95)85-58(23-18-19-35-80)70(94)82-40-63(91)83-57-26-25-52-47(6)56(79)39-59-65(52)66(57)53-42-89-61(68(53)84-59)38-55-54(72(89)96)43-100-74(98)78(55,99)13-3/h11,14-17,20-22,24,38-39,46,50,57-58,67,99H,1,12-13,18-19,23,25-37,40-45,80H2,2-10H3,(H,81,93)(H,82,94)(H,83,91)(H,85,95)(H,86,90)/t57-,58-,67-,78-/m0/s1. The molecule has 101 heavy (non-hydrogen) atoms. The summed E-state index contributed by atoms with van der Waals surface area (Å²) in [7, 11) is 0. The molecule has 8 N–H and O–H groups in total. The van der Waals surface area contributed by atoms with Crippen LogP contribution in [0.15, 0.2) is 72.0 Å². The van der Waals surface area contributed by atoms with Gasteiger partial charge in [-0.2, -0.15) is 0 Å². The van der Waals surface area contributed by atoms with Crippen LogP contribution < -0.4 is 42.8 Å². The number of nitrogens with zero attached hydrogens (tertiary/aromatic N) is 4. The van der Waals surface area contributed by atoms with Crippen molar-refractivity contribution >= 4 is 70.0 Å². The van der Waals surface area contributed by atoms with E-state index in [1.54, 1.807) is 39.8 Å². The SMILES string of the molecule is C=Cc1ccccc1CN(C(=O)CCNC(=O)C1CCC2(CC1)CN(C(=O)C(C)(C)CCOC(C)(C)CCC(=O)N[C@H](C(=O)N[C@@H](CCCCN)C(=O)NCC(=O)N[C@H]1CCc3c(C)c(F)cc4nc5c(c1c34)Cn1c-5cc3c(c1=O)COC(=O)[C@]3(O)CC)C(C)C)C2)c1ccccc1CC. The van der Waals surface area contributed by atoms with Crippen LogP contribution in [0.25, 0.3) is 28.4 Å². The van der Waals surface area contributed by atoms with Gasteiger partial charge in [0.25, 0.3) is 5.56 Å². The lowest BCUT2D eigenvalue weighted by Crippen LogP contribution is -2.62. The predicted octanol–water partition coefficient (Wildman–Crippen LogP) is 8.46. The molecule has 2 aliphatic carbocycles. The van der Waals surface area contributed by atoms with Crippen molar-refractivity contribution in [1.82, 2.24) is 41.0 Å². The van der Waals surface area contributed by atoms with Gasteiger partial charge < -0.3 is 61.3 Å². The van der Waals surface area contributed by atoms with E-state index in [2.05, 4.69) is 40.1 Å². The second-order valence-corrected chi connectivity index (χ2v) is 29.9. The summed E-state index contributed by atoms with van der Waals surface area (Å²) >= 11 is 0. The minimum atomic E-state index is -2.06. The molecule has 10 rings (SSSR count). The normalized spacial score (nSPS) is 18.1. The molecule has 0 bridgehead atoms. The number of unbranched alkanes of at least 4 members (excludes halogenated alkanes) is 1. The third kappa shape index (κ3) is 16.2. The van der Waals surface area contributed by atoms with Crippen LogP contribution in [0.1, 0.15) is 195 Å². The van der Waals surface area contributed by atoms with Crippen LogP contribution in [0.4, 0.5) is 10.1 Å². The molecular weight excluding hydrogens is 1290 g/mol. The maximum atomic E-state index is 15.6. The van der Waals surface area contributed by atoms with Gasteiger partial charge in [0.1, 0.15) is 24.5 Å². The lowest BCUT2D eigenvalue weighted by atomic mass is 9.65. The lowest BCUT2D eigenvalue weighted by Gasteiger charge is -2.54. The first-order valence-corrected chi connectivity index (χ1v) is 36.0. The van der Waals surface area contributed by atoms with Gasteiger partial charge in [-0.25, -0.2) is 14.2 Å². The molecule has 23 heteroatoms. The second-order valence-electron chi connectivity index (χ2n) is 29.9. The van der Waals surface area contributed by atoms with E-state index in [1.165, 1.54) is 10.6 Å². The summed E-state index contributed by atoms with van der Waals surface area (Å²) in [5, 5.41) is 26.7. The molecule has 1 saturated heterocycles. The van der Waals surface area contributed by atoms with Gasteiger partial charge in [-0.15, -0.1) is 0 Å². The second kappa shape index (κ2) is 31.3. The number of hydrogen-bond donors (Lipinski definition) is 7. The highest BCUT2D eigenvalue weighted by atomic mass is 19.1. The van der Waals surface area contributed by atoms with Crippen molar-refractivity contribution in [3.63, 3.8) is 0 Å². The first-order chi connectivity index (χ1) is 48.1. The van der Waals surface area contributed by atoms with Gasteiger partial charge in [0.15, 0.2) is 5.60 Å². The topological polar surface area (TPSA) is 303 Å². The zero-order valence-corrected chi connectivity index (χ0v) is 60.1. The van der Waals surface area contributed by atoms with Crippen molar-refractivity contribution in [1.29, 1.82) is 0 Å². The number of rotatable bonds is 30. The van der Waals surface area contributed by atoms with Gasteiger partial charge in [0.2, 0.25) is 41.4 Å². The van der Waals surface area contributed by atoms with Gasteiger partial charge in [-0.3, -0.25) is 38.4 Å². The number of para-hydroxylation sites is 1. The summed E-state index contributed by atoms with van der Waals surface area (Å²) in [5.41, 5.74) is 9.31. The third-order valence-corrected chi connectivity index (χ3v) is 21.7. The predicted molar refractivity (Wildman–Crippen MR) is 383 cm³/mol. The quantitative estimate of drug-likeness (QED) is 0.0164. The number of aromatic nitrogens is 2. The molecule has 2 aromatic heterocycles. The Hall–Kier alpha value is -8.67. The molecule has 5 heterocycles. The van der Waals surface area contributed by atoms with Crippen LogP contribution in [0.5, 0.6) is 0 Å². The van der Waals surface area contributed by atoms with E-state index in [0.717, 1.165) is 47.2 Å². The molecule has 0 radical (unpaired) electrons. The Kier molecular flexibility index (Phi) is 23.2. The number of anilines is 1. The number of likely N-dealkylation sites (tertiary alicyclic amines) is 1. The number of fused-ring (bicyclic) bond motifs is 5. The Morgan fingerprint density at radius 1 is 0.891 bits per heavy atom. The summed E-state index contributed by atoms with van der Waals surface area (Å²) < 4.78 is 28.7. The Morgan fingerprint density at radius 3 is 2.30 bits per heavy atom. The van der Waals surface area contributed by atoms with E-state index in [0.29, 0.717) is 117 Å². The van der Waals surface area contributed by atoms with Crippen LogP contribution in [-0.4, -0.2) is 124 Å². The first-order valence-electron chi connectivity index (χ1n) is 36.0. The van der Waals surface area contributed by atoms with E-state index in [-0.39, 0.29) is 98.1 Å². The maximum absolute atomic E-state index is 15.6. The minimum Gasteiger partial charge on any atom is -0.458 e. The summed E-state index contributed by atoms with van der Waals surface area (Å²) in [6, 6.07) is 15.9. The Labute approximate surface area is 590 Å². The number of nitrogens with two attached hydrogens (primary N) is 1. The molecule has 7 amide bonds. The van der Waals surface area contributed by atoms with Crippen molar-refractivity contribution in [2.75, 3.05) is 44.2 Å². The number of pyridine rings is 2. The summed E-state index contributed by atoms with van der Waals surface area (Å²) in [5.74, 6) is -4.12. The maximum Gasteiger partial charge on any atom is 0.343 e. The fourth-order valence-corrected chi connectivity index (χ4v) is 15.4. The number of halogens is 1. The van der Waals surface area contributed by atoms with E-state index >= 15 is 4.39 Å². The lowest BCUT2D eigenvalue weighted by molar-refractivity contribution is -0.172. The number of carbonyl (C=O) groups excluding carboxylic acids is 8. The Balaban J connectivity index is 0.667. The molecule has 3 aromatic carbocycles. The largest absolute Gasteiger partial charge is 0.458 e. The number of carbonyl (C=O) groups is 8. The highest BCUT2D eigenvalue weighted by Gasteiger charge is 2.51. The number of nitrogens with one attached hydrogen (secondary N) is 5. The average molecular weight is 1390 g/mol. The Bertz CT molecular complexity index is 4090. The molecule has 542 valence electrons. The van der Waals surface area contributed by atoms with Crippen LogP contribution in [-0.2, 0) is 86.0 Å². The Morgan fingerprint density at radius 2 is 1.60 bits per heavy atom. The van der Waals surface area contributed by atoms with E-state index in [4.69, 9.17) is 20.2 Å². The molecule has 5 aliphatic rings. The number of ether oxygens (including phenoxy) is 2. The number of aryl methyl sites for hydroxylation is 2. The van der Waals surface area contributed by atoms with E-state index < -0.39 is 82.3 Å². The van der Waals surface area contributed by atoms with Gasteiger partial charge in [0, 0.05) is 84.1 Å². The highest BCUT2D eigenvalue weighted by Crippen LogP contribution is 2.49. The molecule has 4 atom stereocenters. The van der Waals surface area contributed by atoms with Gasteiger partial charge in [0.05, 0.1) is 53.7 Å². The van der Waals surface area contributed by atoms with Gasteiger partial charge in [-0.1, -0.05) is 96.7 Å². The third-order valence-electron chi connectivity index (χ3n) is 21.7. The number of esters is 1. The van der Waals surface area contributed by atoms with Gasteiger partial charge in [-0.05, 0) is 162 Å². The molecule has 2 fully saturated rings. The zero-order valence-electron chi connectivity index (χ0n) is 60.1. The number of benzene rings is 3. The highest BCUT2D eigenvalue weighted by molar-refractivity contribution is 5.97. The van der Waals surface area contributed by atoms with Crippen molar-refractivity contribution < 1.29 is 57.3 Å². The molecule has 0 unspecified atom stereocenters. The molecule has 22 nitrogen and oxygen atoms in total. The molecule has 1 spiro atoms. The molecule has 5 aromatic rings. The van der Waals surface area contributed by atoms with Crippen LogP contribution in [0.3, 0.4) is 0 Å². The molecule has 3 aliphatic heterocycles. The average Bonchev–Trinajstić information content (AvgIpc) is 1.50. The minimum absolute atomic E-state index is 0.0182. The number of cyclic esters (lactones) is 1. The first kappa shape index (κ1) is 75.0. The van der Waals surface area contributed by atoms with Crippen LogP contribution in [0, 0.1) is 35.4 Å². The van der Waals surface area contributed by atoms with Crippen molar-refractivity contribution in [2.45, 2.75) is 208 Å². The summed E-state index contributed by atoms with van der Waals surface area (Å²) in [6.45, 7) is 22.2. The fourth-order valence-electron chi connectivity index (χ4n) is 15.4.